The summed E-state index contributed by atoms with van der Waals surface area (Å²) in [5.41, 5.74) is 1.27. The van der Waals surface area contributed by atoms with Crippen molar-refractivity contribution >= 4 is 0 Å². The van der Waals surface area contributed by atoms with Gasteiger partial charge in [-0.3, -0.25) is 0 Å². The van der Waals surface area contributed by atoms with Crippen molar-refractivity contribution in [3.63, 3.8) is 0 Å². The zero-order valence-corrected chi connectivity index (χ0v) is 5.46. The fourth-order valence-corrected chi connectivity index (χ4v) is 0.353. The molecule has 4 nitrogen and oxygen atoms in total. The monoisotopic (exact) mass is 135 g/mol. The van der Waals surface area contributed by atoms with E-state index in [9.17, 15) is 0 Å². The Hall–Kier alpha value is -0.160. The minimum absolute atomic E-state index is 0.142. The molecule has 0 spiro atoms. The van der Waals surface area contributed by atoms with Crippen LogP contribution < -0.4 is 5.48 Å². The largest absolute Gasteiger partial charge is 0.396 e. The molecule has 0 atom stereocenters. The molecule has 0 aromatic heterocycles. The highest BCUT2D eigenvalue weighted by Gasteiger charge is 2.21. The summed E-state index contributed by atoms with van der Waals surface area (Å²) in [4.78, 5) is 0. The van der Waals surface area contributed by atoms with Crippen LogP contribution in [0.15, 0.2) is 0 Å². The number of aliphatic hydroxyl groups excluding tert-OH is 2. The highest BCUT2D eigenvalue weighted by atomic mass is 16.5. The van der Waals surface area contributed by atoms with Crippen molar-refractivity contribution in [2.75, 3.05) is 19.8 Å². The Bertz CT molecular complexity index is 72.6. The van der Waals surface area contributed by atoms with Crippen LogP contribution in [0, 0.1) is 5.41 Å². The van der Waals surface area contributed by atoms with Crippen molar-refractivity contribution in [2.45, 2.75) is 6.92 Å². The van der Waals surface area contributed by atoms with Gasteiger partial charge in [-0.2, -0.15) is 0 Å². The van der Waals surface area contributed by atoms with Gasteiger partial charge in [0.15, 0.2) is 0 Å². The third kappa shape index (κ3) is 2.76. The van der Waals surface area contributed by atoms with Gasteiger partial charge in [0.05, 0.1) is 13.2 Å². The summed E-state index contributed by atoms with van der Waals surface area (Å²) in [5, 5.41) is 25.4. The van der Waals surface area contributed by atoms with Gasteiger partial charge in [-0.25, -0.2) is 5.48 Å². The lowest BCUT2D eigenvalue weighted by Crippen LogP contribution is -2.36. The fraction of sp³-hybridized carbons (Fsp3) is 1.00. The van der Waals surface area contributed by atoms with Gasteiger partial charge in [0.25, 0.3) is 0 Å². The van der Waals surface area contributed by atoms with Crippen molar-refractivity contribution in [3.8, 4) is 0 Å². The van der Waals surface area contributed by atoms with Crippen molar-refractivity contribution in [1.82, 2.24) is 5.48 Å². The highest BCUT2D eigenvalue weighted by molar-refractivity contribution is 4.72. The van der Waals surface area contributed by atoms with Crippen LogP contribution in [0.25, 0.3) is 0 Å². The Morgan fingerprint density at radius 2 is 1.78 bits per heavy atom. The van der Waals surface area contributed by atoms with E-state index in [0.29, 0.717) is 0 Å². The van der Waals surface area contributed by atoms with Crippen molar-refractivity contribution in [2.24, 2.45) is 5.41 Å². The molecule has 0 aromatic rings. The highest BCUT2D eigenvalue weighted by Crippen LogP contribution is 2.10. The van der Waals surface area contributed by atoms with Gasteiger partial charge in [0.2, 0.25) is 0 Å². The maximum atomic E-state index is 8.61. The molecule has 0 aliphatic rings. The predicted molar refractivity (Wildman–Crippen MR) is 32.1 cm³/mol. The zero-order valence-electron chi connectivity index (χ0n) is 5.46. The van der Waals surface area contributed by atoms with Crippen LogP contribution in [-0.4, -0.2) is 35.2 Å². The first kappa shape index (κ1) is 8.84. The maximum absolute atomic E-state index is 8.61. The normalized spacial score (nSPS) is 12.0. The molecule has 0 saturated carbocycles. The number of nitrogens with one attached hydrogen (secondary N) is 1. The van der Waals surface area contributed by atoms with E-state index in [4.69, 9.17) is 15.4 Å². The molecular weight excluding hydrogens is 122 g/mol. The molecule has 4 heteroatoms. The summed E-state index contributed by atoms with van der Waals surface area (Å²) in [6.45, 7) is 1.57. The summed E-state index contributed by atoms with van der Waals surface area (Å²) in [6.07, 6.45) is 0. The van der Waals surface area contributed by atoms with Crippen LogP contribution in [0.4, 0.5) is 0 Å². The Kier molecular flexibility index (Phi) is 3.72. The van der Waals surface area contributed by atoms with Crippen LogP contribution >= 0.6 is 0 Å². The molecule has 0 aliphatic heterocycles. The van der Waals surface area contributed by atoms with E-state index in [1.165, 1.54) is 0 Å². The van der Waals surface area contributed by atoms with E-state index < -0.39 is 5.41 Å². The topological polar surface area (TPSA) is 72.7 Å². The first-order chi connectivity index (χ1) is 4.18. The summed E-state index contributed by atoms with van der Waals surface area (Å²) in [6, 6.07) is 0. The first-order valence-electron chi connectivity index (χ1n) is 2.77. The van der Waals surface area contributed by atoms with Crippen molar-refractivity contribution in [1.29, 1.82) is 0 Å². The van der Waals surface area contributed by atoms with Crippen LogP contribution in [0.2, 0.25) is 0 Å². The van der Waals surface area contributed by atoms with Crippen LogP contribution in [0.5, 0.6) is 0 Å². The van der Waals surface area contributed by atoms with E-state index in [1.807, 2.05) is 5.48 Å². The van der Waals surface area contributed by atoms with Crippen LogP contribution in [0.1, 0.15) is 6.92 Å². The molecule has 0 heterocycles. The average Bonchev–Trinajstić information content (AvgIpc) is 1.89. The zero-order chi connectivity index (χ0) is 7.33. The quantitative estimate of drug-likeness (QED) is 0.371. The smallest absolute Gasteiger partial charge is 0.0519 e. The molecule has 0 bridgehead atoms. The SMILES string of the molecule is CC(CO)(CO)CNO. The molecule has 0 aromatic carbocycles. The van der Waals surface area contributed by atoms with Crippen LogP contribution in [0.3, 0.4) is 0 Å². The summed E-state index contributed by atoms with van der Waals surface area (Å²) >= 11 is 0. The van der Waals surface area contributed by atoms with Gasteiger partial charge in [0, 0.05) is 12.0 Å². The number of aliphatic hydroxyl groups is 2. The molecule has 0 radical (unpaired) electrons. The molecule has 0 fully saturated rings. The average molecular weight is 135 g/mol. The van der Waals surface area contributed by atoms with Gasteiger partial charge in [0.1, 0.15) is 0 Å². The second kappa shape index (κ2) is 3.79. The minimum atomic E-state index is -0.616. The lowest BCUT2D eigenvalue weighted by atomic mass is 9.94. The minimum Gasteiger partial charge on any atom is -0.396 e. The Morgan fingerprint density at radius 3 is 1.89 bits per heavy atom. The number of hydrogen-bond donors (Lipinski definition) is 4. The number of rotatable bonds is 4. The molecule has 9 heavy (non-hydrogen) atoms. The molecule has 0 amide bonds. The number of hydroxylamine groups is 1. The fourth-order valence-electron chi connectivity index (χ4n) is 0.353. The van der Waals surface area contributed by atoms with E-state index in [1.54, 1.807) is 6.92 Å². The standard InChI is InChI=1S/C5H13NO3/c1-5(3-7,4-8)2-6-9/h6-9H,2-4H2,1H3. The Morgan fingerprint density at radius 1 is 1.33 bits per heavy atom. The van der Waals surface area contributed by atoms with Crippen LogP contribution in [-0.2, 0) is 0 Å². The maximum Gasteiger partial charge on any atom is 0.0519 e. The van der Waals surface area contributed by atoms with Gasteiger partial charge in [-0.15, -0.1) is 0 Å². The Labute approximate surface area is 54.1 Å². The summed E-state index contributed by atoms with van der Waals surface area (Å²) in [5.74, 6) is 0. The summed E-state index contributed by atoms with van der Waals surface area (Å²) in [7, 11) is 0. The van der Waals surface area contributed by atoms with E-state index in [0.717, 1.165) is 0 Å². The van der Waals surface area contributed by atoms with E-state index in [-0.39, 0.29) is 19.8 Å². The van der Waals surface area contributed by atoms with Gasteiger partial charge in [-0.1, -0.05) is 6.92 Å². The Balaban J connectivity index is 3.62. The van der Waals surface area contributed by atoms with E-state index >= 15 is 0 Å². The lowest BCUT2D eigenvalue weighted by molar-refractivity contribution is 0.0314. The summed E-state index contributed by atoms with van der Waals surface area (Å²) < 4.78 is 0. The molecule has 0 aliphatic carbocycles. The second-order valence-corrected chi connectivity index (χ2v) is 2.46. The van der Waals surface area contributed by atoms with E-state index in [2.05, 4.69) is 0 Å². The lowest BCUT2D eigenvalue weighted by Gasteiger charge is -2.22. The third-order valence-electron chi connectivity index (χ3n) is 1.27. The van der Waals surface area contributed by atoms with Gasteiger partial charge >= 0.3 is 0 Å². The predicted octanol–water partition coefficient (Wildman–Crippen LogP) is -1.04. The second-order valence-electron chi connectivity index (χ2n) is 2.46. The molecule has 0 unspecified atom stereocenters. The molecule has 0 saturated heterocycles. The van der Waals surface area contributed by atoms with Crippen molar-refractivity contribution in [3.05, 3.63) is 0 Å². The first-order valence-corrected chi connectivity index (χ1v) is 2.77. The molecule has 0 rings (SSSR count). The third-order valence-corrected chi connectivity index (χ3v) is 1.27. The number of hydrogen-bond acceptors (Lipinski definition) is 4. The molecular formula is C5H13NO3. The van der Waals surface area contributed by atoms with Crippen molar-refractivity contribution < 1.29 is 15.4 Å². The van der Waals surface area contributed by atoms with Gasteiger partial charge < -0.3 is 15.4 Å². The molecule has 4 N–H and O–H groups in total. The molecule has 56 valence electrons. The van der Waals surface area contributed by atoms with Gasteiger partial charge in [-0.05, 0) is 0 Å².